The Morgan fingerprint density at radius 3 is 2.14 bits per heavy atom. The molecule has 112 valence electrons. The molecule has 0 amide bonds. The van der Waals surface area contributed by atoms with Crippen molar-refractivity contribution in [1.82, 2.24) is 0 Å². The van der Waals surface area contributed by atoms with Crippen molar-refractivity contribution >= 4 is 46.4 Å². The third kappa shape index (κ3) is 3.97. The van der Waals surface area contributed by atoms with Gasteiger partial charge in [-0.1, -0.05) is 64.6 Å². The lowest BCUT2D eigenvalue weighted by Gasteiger charge is -2.24. The maximum absolute atomic E-state index is 6.21. The van der Waals surface area contributed by atoms with Gasteiger partial charge in [0.25, 0.3) is 0 Å². The smallest absolute Gasteiger partial charge is 0.140 e. The molecule has 2 aromatic rings. The van der Waals surface area contributed by atoms with E-state index in [2.05, 4.69) is 0 Å². The molecule has 0 bridgehead atoms. The Morgan fingerprint density at radius 1 is 0.905 bits per heavy atom. The van der Waals surface area contributed by atoms with Crippen molar-refractivity contribution < 1.29 is 4.74 Å². The highest BCUT2D eigenvalue weighted by Gasteiger charge is 2.22. The minimum absolute atomic E-state index is 0.296. The highest BCUT2D eigenvalue weighted by molar-refractivity contribution is 6.43. The van der Waals surface area contributed by atoms with Gasteiger partial charge in [0.05, 0.1) is 15.1 Å². The summed E-state index contributed by atoms with van der Waals surface area (Å²) in [6.07, 6.45) is -0.451. The fourth-order valence-corrected chi connectivity index (χ4v) is 2.72. The molecule has 6 heteroatoms. The molecule has 0 heterocycles. The Kier molecular flexibility index (Phi) is 5.64. The Bertz CT molecular complexity index is 646. The van der Waals surface area contributed by atoms with Crippen LogP contribution >= 0.6 is 46.4 Å². The SMILES string of the molecule is CC(N)C(Oc1cc(Cl)c(Cl)cc1Cl)c1ccccc1Cl. The van der Waals surface area contributed by atoms with Crippen LogP contribution in [0.25, 0.3) is 0 Å². The molecular formula is C15H13Cl4NO. The molecule has 0 radical (unpaired) electrons. The highest BCUT2D eigenvalue weighted by Crippen LogP contribution is 2.37. The third-order valence-corrected chi connectivity index (χ3v) is 4.28. The fraction of sp³-hybridized carbons (Fsp3) is 0.200. The van der Waals surface area contributed by atoms with Crippen LogP contribution in [0.5, 0.6) is 5.75 Å². The molecular weight excluding hydrogens is 352 g/mol. The Labute approximate surface area is 143 Å². The predicted octanol–water partition coefficient (Wildman–Crippen LogP) is 5.77. The first kappa shape index (κ1) is 16.7. The van der Waals surface area contributed by atoms with Gasteiger partial charge < -0.3 is 10.5 Å². The zero-order valence-electron chi connectivity index (χ0n) is 11.1. The molecule has 0 aromatic heterocycles. The zero-order valence-corrected chi connectivity index (χ0v) is 14.1. The summed E-state index contributed by atoms with van der Waals surface area (Å²) in [5.41, 5.74) is 6.81. The molecule has 0 aliphatic heterocycles. The van der Waals surface area contributed by atoms with Crippen LogP contribution in [0.3, 0.4) is 0 Å². The molecule has 0 saturated carbocycles. The molecule has 2 unspecified atom stereocenters. The van der Waals surface area contributed by atoms with E-state index in [9.17, 15) is 0 Å². The number of nitrogens with two attached hydrogens (primary N) is 1. The molecule has 2 aromatic carbocycles. The van der Waals surface area contributed by atoms with Gasteiger partial charge >= 0.3 is 0 Å². The second-order valence-electron chi connectivity index (χ2n) is 4.62. The lowest BCUT2D eigenvalue weighted by atomic mass is 10.0. The molecule has 2 nitrogen and oxygen atoms in total. The quantitative estimate of drug-likeness (QED) is 0.699. The summed E-state index contributed by atoms with van der Waals surface area (Å²) in [4.78, 5) is 0. The minimum atomic E-state index is -0.451. The maximum Gasteiger partial charge on any atom is 0.140 e. The Balaban J connectivity index is 2.38. The van der Waals surface area contributed by atoms with Crippen LogP contribution in [0.1, 0.15) is 18.6 Å². The van der Waals surface area contributed by atoms with Gasteiger partial charge in [0.1, 0.15) is 11.9 Å². The van der Waals surface area contributed by atoms with E-state index in [1.165, 1.54) is 6.07 Å². The van der Waals surface area contributed by atoms with E-state index < -0.39 is 6.10 Å². The van der Waals surface area contributed by atoms with Gasteiger partial charge in [0, 0.05) is 22.7 Å². The molecule has 2 atom stereocenters. The van der Waals surface area contributed by atoms with Crippen molar-refractivity contribution in [3.05, 3.63) is 62.1 Å². The number of hydrogen-bond donors (Lipinski definition) is 1. The third-order valence-electron chi connectivity index (χ3n) is 2.92. The molecule has 2 rings (SSSR count). The predicted molar refractivity (Wildman–Crippen MR) is 89.9 cm³/mol. The number of ether oxygens (including phenoxy) is 1. The average Bonchev–Trinajstić information content (AvgIpc) is 2.42. The van der Waals surface area contributed by atoms with E-state index in [-0.39, 0.29) is 6.04 Å². The molecule has 0 spiro atoms. The second kappa shape index (κ2) is 7.08. The van der Waals surface area contributed by atoms with Crippen LogP contribution in [0, 0.1) is 0 Å². The van der Waals surface area contributed by atoms with Crippen LogP contribution in [-0.4, -0.2) is 6.04 Å². The maximum atomic E-state index is 6.21. The lowest BCUT2D eigenvalue weighted by molar-refractivity contribution is 0.180. The Hall–Kier alpha value is -0.640. The van der Waals surface area contributed by atoms with Gasteiger partial charge in [-0.2, -0.15) is 0 Å². The van der Waals surface area contributed by atoms with E-state index in [0.717, 1.165) is 5.56 Å². The van der Waals surface area contributed by atoms with Crippen molar-refractivity contribution in [3.8, 4) is 5.75 Å². The molecule has 0 fully saturated rings. The first-order valence-corrected chi connectivity index (χ1v) is 7.72. The van der Waals surface area contributed by atoms with E-state index in [1.807, 2.05) is 25.1 Å². The van der Waals surface area contributed by atoms with E-state index >= 15 is 0 Å². The summed E-state index contributed by atoms with van der Waals surface area (Å²) in [5, 5.41) is 1.67. The van der Waals surface area contributed by atoms with Gasteiger partial charge in [-0.3, -0.25) is 0 Å². The van der Waals surface area contributed by atoms with E-state index in [1.54, 1.807) is 12.1 Å². The van der Waals surface area contributed by atoms with Crippen molar-refractivity contribution in [2.75, 3.05) is 0 Å². The van der Waals surface area contributed by atoms with Gasteiger partial charge in [-0.15, -0.1) is 0 Å². The van der Waals surface area contributed by atoms with Crippen molar-refractivity contribution in [1.29, 1.82) is 0 Å². The summed E-state index contributed by atoms with van der Waals surface area (Å²) >= 11 is 24.3. The topological polar surface area (TPSA) is 35.2 Å². The van der Waals surface area contributed by atoms with E-state index in [4.69, 9.17) is 56.9 Å². The van der Waals surface area contributed by atoms with Gasteiger partial charge in [-0.25, -0.2) is 0 Å². The van der Waals surface area contributed by atoms with Crippen molar-refractivity contribution in [2.24, 2.45) is 5.73 Å². The number of hydrogen-bond acceptors (Lipinski definition) is 2. The normalized spacial score (nSPS) is 13.8. The highest BCUT2D eigenvalue weighted by atomic mass is 35.5. The van der Waals surface area contributed by atoms with Crippen molar-refractivity contribution in [3.63, 3.8) is 0 Å². The van der Waals surface area contributed by atoms with Crippen molar-refractivity contribution in [2.45, 2.75) is 19.1 Å². The monoisotopic (exact) mass is 363 g/mol. The molecule has 2 N–H and O–H groups in total. The lowest BCUT2D eigenvalue weighted by Crippen LogP contribution is -2.29. The van der Waals surface area contributed by atoms with Gasteiger partial charge in [0.15, 0.2) is 0 Å². The fourth-order valence-electron chi connectivity index (χ4n) is 1.89. The Morgan fingerprint density at radius 2 is 1.52 bits per heavy atom. The molecule has 0 aliphatic rings. The standard InChI is InChI=1S/C15H13Cl4NO/c1-8(20)15(9-4-2-3-5-10(9)16)21-14-7-12(18)11(17)6-13(14)19/h2-8,15H,20H2,1H3. The number of halogens is 4. The first-order chi connectivity index (χ1) is 9.90. The number of benzene rings is 2. The molecule has 0 aliphatic carbocycles. The van der Waals surface area contributed by atoms with Crippen LogP contribution in [0.4, 0.5) is 0 Å². The summed E-state index contributed by atoms with van der Waals surface area (Å²) < 4.78 is 5.92. The average molecular weight is 365 g/mol. The largest absolute Gasteiger partial charge is 0.482 e. The molecule has 21 heavy (non-hydrogen) atoms. The summed E-state index contributed by atoms with van der Waals surface area (Å²) in [7, 11) is 0. The summed E-state index contributed by atoms with van der Waals surface area (Å²) in [5.74, 6) is 0.410. The van der Waals surface area contributed by atoms with Gasteiger partial charge in [0.2, 0.25) is 0 Å². The minimum Gasteiger partial charge on any atom is -0.482 e. The second-order valence-corrected chi connectivity index (χ2v) is 6.24. The first-order valence-electron chi connectivity index (χ1n) is 6.21. The van der Waals surface area contributed by atoms with Crippen LogP contribution < -0.4 is 10.5 Å². The zero-order chi connectivity index (χ0) is 15.6. The molecule has 0 saturated heterocycles. The van der Waals surface area contributed by atoms with Crippen LogP contribution in [-0.2, 0) is 0 Å². The summed E-state index contributed by atoms with van der Waals surface area (Å²) in [6, 6.07) is 10.2. The summed E-state index contributed by atoms with van der Waals surface area (Å²) in [6.45, 7) is 1.83. The van der Waals surface area contributed by atoms with Crippen LogP contribution in [0.2, 0.25) is 20.1 Å². The van der Waals surface area contributed by atoms with Gasteiger partial charge in [-0.05, 0) is 19.1 Å². The van der Waals surface area contributed by atoms with E-state index in [0.29, 0.717) is 25.8 Å². The number of rotatable bonds is 4. The van der Waals surface area contributed by atoms with Crippen LogP contribution in [0.15, 0.2) is 36.4 Å².